The highest BCUT2D eigenvalue weighted by atomic mass is 35.5. The Bertz CT molecular complexity index is 310. The van der Waals surface area contributed by atoms with Crippen LogP contribution in [0.2, 0.25) is 0 Å². The molecule has 0 aliphatic carbocycles. The van der Waals surface area contributed by atoms with E-state index in [0.29, 0.717) is 11.9 Å². The van der Waals surface area contributed by atoms with Crippen LogP contribution in [0.25, 0.3) is 0 Å². The molecule has 0 aromatic heterocycles. The molecule has 3 heteroatoms. The second kappa shape index (κ2) is 3.56. The van der Waals surface area contributed by atoms with Crippen molar-refractivity contribution < 1.29 is 4.74 Å². The van der Waals surface area contributed by atoms with Crippen LogP contribution >= 0.6 is 11.6 Å². The molecule has 1 aromatic carbocycles. The fourth-order valence-corrected chi connectivity index (χ4v) is 1.62. The fourth-order valence-electron chi connectivity index (χ4n) is 1.41. The topological polar surface area (TPSA) is 31.2 Å². The second-order valence-corrected chi connectivity index (χ2v) is 3.43. The van der Waals surface area contributed by atoms with Crippen molar-refractivity contribution in [1.82, 2.24) is 5.32 Å². The lowest BCUT2D eigenvalue weighted by atomic mass is 10.1. The van der Waals surface area contributed by atoms with Gasteiger partial charge in [0.1, 0.15) is 5.75 Å². The van der Waals surface area contributed by atoms with Crippen molar-refractivity contribution in [3.05, 3.63) is 29.3 Å². The highest BCUT2D eigenvalue weighted by Crippen LogP contribution is 2.28. The second-order valence-electron chi connectivity index (χ2n) is 3.17. The van der Waals surface area contributed by atoms with E-state index in [2.05, 4.69) is 17.4 Å². The van der Waals surface area contributed by atoms with E-state index in [0.717, 1.165) is 17.9 Å². The Labute approximate surface area is 82.9 Å². The molecule has 1 aliphatic heterocycles. The average molecular weight is 198 g/mol. The standard InChI is InChI=1S/C10H12ClNO/c1-13-10-3-2-7(9-6-12-9)4-8(10)5-11/h2-4,9,12H,5-6H2,1H3/t9-/m1/s1. The summed E-state index contributed by atoms with van der Waals surface area (Å²) in [6.45, 7) is 1.08. The summed E-state index contributed by atoms with van der Waals surface area (Å²) in [7, 11) is 1.67. The van der Waals surface area contributed by atoms with E-state index >= 15 is 0 Å². The van der Waals surface area contributed by atoms with E-state index < -0.39 is 0 Å². The molecule has 0 radical (unpaired) electrons. The van der Waals surface area contributed by atoms with Gasteiger partial charge in [-0.25, -0.2) is 0 Å². The molecule has 0 unspecified atom stereocenters. The Morgan fingerprint density at radius 1 is 1.62 bits per heavy atom. The summed E-state index contributed by atoms with van der Waals surface area (Å²) in [5.41, 5.74) is 2.37. The van der Waals surface area contributed by atoms with Gasteiger partial charge < -0.3 is 10.1 Å². The molecule has 1 fully saturated rings. The van der Waals surface area contributed by atoms with E-state index in [1.807, 2.05) is 6.07 Å². The minimum Gasteiger partial charge on any atom is -0.496 e. The number of methoxy groups -OCH3 is 1. The summed E-state index contributed by atoms with van der Waals surface area (Å²) < 4.78 is 5.19. The SMILES string of the molecule is COc1ccc([C@H]2CN2)cc1CCl. The van der Waals surface area contributed by atoms with Crippen molar-refractivity contribution in [3.8, 4) is 5.75 Å². The van der Waals surface area contributed by atoms with Crippen molar-refractivity contribution >= 4 is 11.6 Å². The lowest BCUT2D eigenvalue weighted by Gasteiger charge is -2.07. The third-order valence-electron chi connectivity index (χ3n) is 2.26. The van der Waals surface area contributed by atoms with Crippen LogP contribution in [-0.4, -0.2) is 13.7 Å². The Hall–Kier alpha value is -0.730. The van der Waals surface area contributed by atoms with Gasteiger partial charge in [0.05, 0.1) is 13.0 Å². The maximum Gasteiger partial charge on any atom is 0.123 e. The van der Waals surface area contributed by atoms with Gasteiger partial charge in [-0.2, -0.15) is 0 Å². The van der Waals surface area contributed by atoms with Crippen molar-refractivity contribution in [3.63, 3.8) is 0 Å². The monoisotopic (exact) mass is 197 g/mol. The molecule has 1 atom stereocenters. The van der Waals surface area contributed by atoms with Gasteiger partial charge in [-0.1, -0.05) is 6.07 Å². The Kier molecular flexibility index (Phi) is 2.42. The number of ether oxygens (including phenoxy) is 1. The molecule has 13 heavy (non-hydrogen) atoms. The molecule has 1 aromatic rings. The molecule has 1 aliphatic rings. The third-order valence-corrected chi connectivity index (χ3v) is 2.55. The zero-order valence-corrected chi connectivity index (χ0v) is 8.27. The summed E-state index contributed by atoms with van der Waals surface area (Å²) in [6, 6.07) is 6.70. The predicted octanol–water partition coefficient (Wildman–Crippen LogP) is 2.08. The van der Waals surface area contributed by atoms with E-state index in [1.165, 1.54) is 5.56 Å². The van der Waals surface area contributed by atoms with Crippen LogP contribution in [0, 0.1) is 0 Å². The number of benzene rings is 1. The molecule has 0 saturated carbocycles. The maximum absolute atomic E-state index is 5.81. The summed E-state index contributed by atoms with van der Waals surface area (Å²) in [5, 5.41) is 3.26. The van der Waals surface area contributed by atoms with E-state index in [4.69, 9.17) is 16.3 Å². The van der Waals surface area contributed by atoms with Gasteiger partial charge in [-0.05, 0) is 17.7 Å². The molecule has 1 heterocycles. The van der Waals surface area contributed by atoms with Crippen molar-refractivity contribution in [2.75, 3.05) is 13.7 Å². The largest absolute Gasteiger partial charge is 0.496 e. The lowest BCUT2D eigenvalue weighted by Crippen LogP contribution is -1.92. The molecule has 0 amide bonds. The van der Waals surface area contributed by atoms with Gasteiger partial charge in [0.2, 0.25) is 0 Å². The van der Waals surface area contributed by atoms with Crippen LogP contribution in [0.1, 0.15) is 17.2 Å². The highest BCUT2D eigenvalue weighted by Gasteiger charge is 2.22. The van der Waals surface area contributed by atoms with Crippen LogP contribution < -0.4 is 10.1 Å². The highest BCUT2D eigenvalue weighted by molar-refractivity contribution is 6.17. The van der Waals surface area contributed by atoms with Gasteiger partial charge in [-0.15, -0.1) is 11.6 Å². The number of hydrogen-bond donors (Lipinski definition) is 1. The van der Waals surface area contributed by atoms with Crippen LogP contribution in [0.5, 0.6) is 5.75 Å². The molecule has 2 nitrogen and oxygen atoms in total. The van der Waals surface area contributed by atoms with Crippen molar-refractivity contribution in [1.29, 1.82) is 0 Å². The smallest absolute Gasteiger partial charge is 0.123 e. The predicted molar refractivity (Wildman–Crippen MR) is 53.3 cm³/mol. The molecular weight excluding hydrogens is 186 g/mol. The zero-order valence-electron chi connectivity index (χ0n) is 7.51. The van der Waals surface area contributed by atoms with Gasteiger partial charge in [0, 0.05) is 18.2 Å². The first kappa shape index (κ1) is 8.85. The zero-order chi connectivity index (χ0) is 9.26. The Morgan fingerprint density at radius 3 is 2.92 bits per heavy atom. The molecule has 1 N–H and O–H groups in total. The molecule has 0 spiro atoms. The van der Waals surface area contributed by atoms with Gasteiger partial charge in [-0.3, -0.25) is 0 Å². The quantitative estimate of drug-likeness (QED) is 0.594. The summed E-state index contributed by atoms with van der Waals surface area (Å²) in [4.78, 5) is 0. The van der Waals surface area contributed by atoms with Crippen LogP contribution in [-0.2, 0) is 5.88 Å². The minimum atomic E-state index is 0.504. The summed E-state index contributed by atoms with van der Waals surface area (Å²) >= 11 is 5.81. The normalized spacial score (nSPS) is 20.0. The molecule has 1 saturated heterocycles. The molecule has 70 valence electrons. The molecule has 2 rings (SSSR count). The number of hydrogen-bond acceptors (Lipinski definition) is 2. The van der Waals surface area contributed by atoms with E-state index in [9.17, 15) is 0 Å². The number of rotatable bonds is 3. The van der Waals surface area contributed by atoms with Gasteiger partial charge in [0.25, 0.3) is 0 Å². The summed E-state index contributed by atoms with van der Waals surface area (Å²) in [5.74, 6) is 1.38. The first-order valence-corrected chi connectivity index (χ1v) is 4.84. The van der Waals surface area contributed by atoms with Crippen LogP contribution in [0.3, 0.4) is 0 Å². The van der Waals surface area contributed by atoms with Crippen LogP contribution in [0.4, 0.5) is 0 Å². The molecule has 0 bridgehead atoms. The summed E-state index contributed by atoms with van der Waals surface area (Å²) in [6.07, 6.45) is 0. The molecular formula is C10H12ClNO. The Balaban J connectivity index is 2.31. The average Bonchev–Trinajstić information content (AvgIpc) is 3.00. The first-order valence-electron chi connectivity index (χ1n) is 4.31. The van der Waals surface area contributed by atoms with Crippen molar-refractivity contribution in [2.24, 2.45) is 0 Å². The van der Waals surface area contributed by atoms with Crippen LogP contribution in [0.15, 0.2) is 18.2 Å². The Morgan fingerprint density at radius 2 is 2.38 bits per heavy atom. The lowest BCUT2D eigenvalue weighted by molar-refractivity contribution is 0.411. The van der Waals surface area contributed by atoms with E-state index in [-0.39, 0.29) is 0 Å². The van der Waals surface area contributed by atoms with Gasteiger partial charge >= 0.3 is 0 Å². The number of halogens is 1. The van der Waals surface area contributed by atoms with Crippen molar-refractivity contribution in [2.45, 2.75) is 11.9 Å². The van der Waals surface area contributed by atoms with E-state index in [1.54, 1.807) is 7.11 Å². The fraction of sp³-hybridized carbons (Fsp3) is 0.400. The van der Waals surface area contributed by atoms with Gasteiger partial charge in [0.15, 0.2) is 0 Å². The maximum atomic E-state index is 5.81. The third kappa shape index (κ3) is 1.79. The minimum absolute atomic E-state index is 0.504. The number of alkyl halides is 1. The first-order chi connectivity index (χ1) is 6.35. The number of nitrogens with one attached hydrogen (secondary N) is 1.